The van der Waals surface area contributed by atoms with Gasteiger partial charge in [0.1, 0.15) is 6.04 Å². The first-order valence-electron chi connectivity index (χ1n) is 4.06. The van der Waals surface area contributed by atoms with Crippen molar-refractivity contribution in [2.75, 3.05) is 20.1 Å². The minimum Gasteiger partial charge on any atom is -0.315 e. The lowest BCUT2D eigenvalue weighted by Crippen LogP contribution is -2.35. The molecule has 0 spiro atoms. The topological polar surface area (TPSA) is 53.0 Å². The van der Waals surface area contributed by atoms with E-state index >= 15 is 0 Å². The predicted molar refractivity (Wildman–Crippen MR) is 43.8 cm³/mol. The van der Waals surface area contributed by atoms with Crippen LogP contribution in [-0.4, -0.2) is 31.1 Å². The first kappa shape index (κ1) is 8.51. The summed E-state index contributed by atoms with van der Waals surface area (Å²) in [5.74, 6) is 0.880. The average molecular weight is 153 g/mol. The SMILES string of the molecule is CN(CC(N)C#N)CC1CC1. The van der Waals surface area contributed by atoms with Crippen LogP contribution in [0.5, 0.6) is 0 Å². The molecule has 0 bridgehead atoms. The Balaban J connectivity index is 2.09. The molecule has 0 heterocycles. The zero-order valence-corrected chi connectivity index (χ0v) is 6.95. The van der Waals surface area contributed by atoms with Gasteiger partial charge in [0.25, 0.3) is 0 Å². The minimum absolute atomic E-state index is 0.321. The molecule has 62 valence electrons. The van der Waals surface area contributed by atoms with Crippen LogP contribution in [0.4, 0.5) is 0 Å². The molecule has 3 heteroatoms. The highest BCUT2D eigenvalue weighted by atomic mass is 15.1. The van der Waals surface area contributed by atoms with E-state index in [1.165, 1.54) is 12.8 Å². The van der Waals surface area contributed by atoms with E-state index in [4.69, 9.17) is 11.0 Å². The van der Waals surface area contributed by atoms with Crippen LogP contribution in [0.3, 0.4) is 0 Å². The summed E-state index contributed by atoms with van der Waals surface area (Å²) in [5.41, 5.74) is 5.47. The van der Waals surface area contributed by atoms with Crippen molar-refractivity contribution < 1.29 is 0 Å². The summed E-state index contributed by atoms with van der Waals surface area (Å²) >= 11 is 0. The summed E-state index contributed by atoms with van der Waals surface area (Å²) in [5, 5.41) is 8.43. The number of rotatable bonds is 4. The summed E-state index contributed by atoms with van der Waals surface area (Å²) in [6.07, 6.45) is 2.71. The van der Waals surface area contributed by atoms with Crippen LogP contribution < -0.4 is 5.73 Å². The molecule has 0 aromatic carbocycles. The second-order valence-electron chi connectivity index (χ2n) is 3.40. The van der Waals surface area contributed by atoms with Gasteiger partial charge in [-0.1, -0.05) is 0 Å². The molecule has 1 aliphatic rings. The van der Waals surface area contributed by atoms with Crippen molar-refractivity contribution in [3.8, 4) is 6.07 Å². The highest BCUT2D eigenvalue weighted by Crippen LogP contribution is 2.29. The third kappa shape index (κ3) is 3.35. The van der Waals surface area contributed by atoms with Crippen LogP contribution in [0, 0.1) is 17.2 Å². The second kappa shape index (κ2) is 3.70. The summed E-state index contributed by atoms with van der Waals surface area (Å²) in [6.45, 7) is 1.81. The van der Waals surface area contributed by atoms with Gasteiger partial charge in [-0.15, -0.1) is 0 Å². The highest BCUT2D eigenvalue weighted by molar-refractivity contribution is 4.89. The molecule has 3 nitrogen and oxygen atoms in total. The molecule has 0 aromatic heterocycles. The molecule has 0 amide bonds. The number of hydrogen-bond donors (Lipinski definition) is 1. The molecule has 1 aliphatic carbocycles. The molecule has 1 fully saturated rings. The van der Waals surface area contributed by atoms with Gasteiger partial charge in [-0.3, -0.25) is 0 Å². The molecule has 0 aromatic rings. The highest BCUT2D eigenvalue weighted by Gasteiger charge is 2.23. The number of hydrogen-bond acceptors (Lipinski definition) is 3. The largest absolute Gasteiger partial charge is 0.315 e. The molecule has 0 radical (unpaired) electrons. The molecule has 1 unspecified atom stereocenters. The Morgan fingerprint density at radius 1 is 1.73 bits per heavy atom. The van der Waals surface area contributed by atoms with Gasteiger partial charge >= 0.3 is 0 Å². The number of likely N-dealkylation sites (N-methyl/N-ethyl adjacent to an activating group) is 1. The van der Waals surface area contributed by atoms with Gasteiger partial charge in [-0.05, 0) is 25.8 Å². The number of nitrogens with zero attached hydrogens (tertiary/aromatic N) is 2. The molecular weight excluding hydrogens is 138 g/mol. The third-order valence-electron chi connectivity index (χ3n) is 1.94. The van der Waals surface area contributed by atoms with Crippen molar-refractivity contribution in [1.29, 1.82) is 5.26 Å². The lowest BCUT2D eigenvalue weighted by Gasteiger charge is -2.16. The van der Waals surface area contributed by atoms with Crippen molar-refractivity contribution >= 4 is 0 Å². The van der Waals surface area contributed by atoms with Gasteiger partial charge < -0.3 is 10.6 Å². The third-order valence-corrected chi connectivity index (χ3v) is 1.94. The standard InChI is InChI=1S/C8H15N3/c1-11(5-7-2-3-7)6-8(10)4-9/h7-8H,2-3,5-6,10H2,1H3. The van der Waals surface area contributed by atoms with Crippen molar-refractivity contribution in [3.63, 3.8) is 0 Å². The van der Waals surface area contributed by atoms with Gasteiger partial charge in [0.05, 0.1) is 6.07 Å². The van der Waals surface area contributed by atoms with E-state index in [0.717, 1.165) is 12.5 Å². The lowest BCUT2D eigenvalue weighted by atomic mass is 10.3. The van der Waals surface area contributed by atoms with Crippen LogP contribution >= 0.6 is 0 Å². The Morgan fingerprint density at radius 2 is 2.36 bits per heavy atom. The maximum absolute atomic E-state index is 8.43. The summed E-state index contributed by atoms with van der Waals surface area (Å²) in [6, 6.07) is 1.70. The van der Waals surface area contributed by atoms with Gasteiger partial charge in [-0.2, -0.15) is 5.26 Å². The maximum Gasteiger partial charge on any atom is 0.106 e. The van der Waals surface area contributed by atoms with Crippen molar-refractivity contribution in [2.45, 2.75) is 18.9 Å². The van der Waals surface area contributed by atoms with E-state index in [9.17, 15) is 0 Å². The van der Waals surface area contributed by atoms with Crippen molar-refractivity contribution in [1.82, 2.24) is 4.90 Å². The van der Waals surface area contributed by atoms with Crippen molar-refractivity contribution in [2.24, 2.45) is 11.7 Å². The first-order chi connectivity index (χ1) is 5.22. The van der Waals surface area contributed by atoms with E-state index in [2.05, 4.69) is 4.90 Å². The molecule has 11 heavy (non-hydrogen) atoms. The van der Waals surface area contributed by atoms with Gasteiger partial charge in [0.2, 0.25) is 0 Å². The summed E-state index contributed by atoms with van der Waals surface area (Å²) in [4.78, 5) is 2.14. The predicted octanol–water partition coefficient (Wildman–Crippen LogP) is 0.179. The zero-order valence-electron chi connectivity index (χ0n) is 6.95. The monoisotopic (exact) mass is 153 g/mol. The van der Waals surface area contributed by atoms with Gasteiger partial charge in [0.15, 0.2) is 0 Å². The van der Waals surface area contributed by atoms with E-state index in [1.807, 2.05) is 13.1 Å². The fourth-order valence-corrected chi connectivity index (χ4v) is 1.19. The normalized spacial score (nSPS) is 19.8. The summed E-state index contributed by atoms with van der Waals surface area (Å²) in [7, 11) is 2.02. The first-order valence-corrected chi connectivity index (χ1v) is 4.06. The minimum atomic E-state index is -0.321. The maximum atomic E-state index is 8.43. The Hall–Kier alpha value is -0.590. The Bertz CT molecular complexity index is 157. The van der Waals surface area contributed by atoms with Gasteiger partial charge in [-0.25, -0.2) is 0 Å². The number of nitrogens with two attached hydrogens (primary N) is 1. The smallest absolute Gasteiger partial charge is 0.106 e. The fourth-order valence-electron chi connectivity index (χ4n) is 1.19. The van der Waals surface area contributed by atoms with Crippen LogP contribution in [0.25, 0.3) is 0 Å². The van der Waals surface area contributed by atoms with E-state index < -0.39 is 0 Å². The fraction of sp³-hybridized carbons (Fsp3) is 0.875. The molecule has 0 saturated heterocycles. The molecule has 1 saturated carbocycles. The molecule has 2 N–H and O–H groups in total. The van der Waals surface area contributed by atoms with Crippen molar-refractivity contribution in [3.05, 3.63) is 0 Å². The van der Waals surface area contributed by atoms with Crippen LogP contribution in [0.1, 0.15) is 12.8 Å². The number of nitriles is 1. The van der Waals surface area contributed by atoms with E-state index in [1.54, 1.807) is 0 Å². The van der Waals surface area contributed by atoms with Crippen LogP contribution in [-0.2, 0) is 0 Å². The molecule has 1 rings (SSSR count). The molecular formula is C8H15N3. The molecule has 0 aliphatic heterocycles. The van der Waals surface area contributed by atoms with Gasteiger partial charge in [0, 0.05) is 13.1 Å². The summed E-state index contributed by atoms with van der Waals surface area (Å²) < 4.78 is 0. The zero-order chi connectivity index (χ0) is 8.27. The Labute approximate surface area is 67.8 Å². The van der Waals surface area contributed by atoms with E-state index in [0.29, 0.717) is 6.54 Å². The Kier molecular flexibility index (Phi) is 2.86. The Morgan fingerprint density at radius 3 is 2.82 bits per heavy atom. The molecule has 1 atom stereocenters. The average Bonchev–Trinajstić information content (AvgIpc) is 2.71. The van der Waals surface area contributed by atoms with E-state index in [-0.39, 0.29) is 6.04 Å². The van der Waals surface area contributed by atoms with Crippen LogP contribution in [0.15, 0.2) is 0 Å². The lowest BCUT2D eigenvalue weighted by molar-refractivity contribution is 0.314. The van der Waals surface area contributed by atoms with Crippen LogP contribution in [0.2, 0.25) is 0 Å². The second-order valence-corrected chi connectivity index (χ2v) is 3.40. The quantitative estimate of drug-likeness (QED) is 0.626.